The third-order valence-corrected chi connectivity index (χ3v) is 5.66. The van der Waals surface area contributed by atoms with Crippen molar-refractivity contribution in [3.63, 3.8) is 0 Å². The molecule has 150 valence electrons. The lowest BCUT2D eigenvalue weighted by Crippen LogP contribution is -2.33. The van der Waals surface area contributed by atoms with E-state index in [1.807, 2.05) is 39.2 Å². The van der Waals surface area contributed by atoms with Gasteiger partial charge < -0.3 is 4.90 Å². The normalized spacial score (nSPS) is 10.9. The predicted octanol–water partition coefficient (Wildman–Crippen LogP) is 5.93. The van der Waals surface area contributed by atoms with Gasteiger partial charge in [0.2, 0.25) is 0 Å². The zero-order valence-electron chi connectivity index (χ0n) is 15.9. The van der Waals surface area contributed by atoms with Crippen molar-refractivity contribution in [2.75, 3.05) is 32.1 Å². The van der Waals surface area contributed by atoms with Crippen molar-refractivity contribution in [3.05, 3.63) is 57.6 Å². The molecule has 3 aromatic rings. The molecule has 0 atom stereocenters. The molecule has 0 fully saturated rings. The van der Waals surface area contributed by atoms with Gasteiger partial charge in [-0.1, -0.05) is 46.7 Å². The number of para-hydroxylation sites is 1. The van der Waals surface area contributed by atoms with Gasteiger partial charge in [-0.3, -0.25) is 9.69 Å². The van der Waals surface area contributed by atoms with E-state index in [4.69, 9.17) is 28.2 Å². The van der Waals surface area contributed by atoms with Gasteiger partial charge in [0.25, 0.3) is 5.91 Å². The average Bonchev–Trinajstić information content (AvgIpc) is 3.02. The van der Waals surface area contributed by atoms with E-state index in [2.05, 4.69) is 4.90 Å². The van der Waals surface area contributed by atoms with Crippen LogP contribution >= 0.6 is 46.9 Å². The van der Waals surface area contributed by atoms with Crippen LogP contribution in [0.15, 0.2) is 36.4 Å². The maximum Gasteiger partial charge on any atom is 0.260 e. The Morgan fingerprint density at radius 3 is 2.39 bits per heavy atom. The van der Waals surface area contributed by atoms with Crippen LogP contribution in [0.1, 0.15) is 22.3 Å². The zero-order valence-corrected chi connectivity index (χ0v) is 19.1. The third-order valence-electron chi connectivity index (χ3n) is 4.18. The Morgan fingerprint density at radius 1 is 1.11 bits per heavy atom. The lowest BCUT2D eigenvalue weighted by molar-refractivity contribution is 0.0986. The highest BCUT2D eigenvalue weighted by Gasteiger charge is 2.22. The van der Waals surface area contributed by atoms with Crippen molar-refractivity contribution in [1.82, 2.24) is 9.88 Å². The van der Waals surface area contributed by atoms with E-state index in [1.54, 1.807) is 23.1 Å². The molecule has 0 spiro atoms. The van der Waals surface area contributed by atoms with Crippen molar-refractivity contribution >= 4 is 68.2 Å². The summed E-state index contributed by atoms with van der Waals surface area (Å²) in [6, 6.07) is 11.0. The van der Waals surface area contributed by atoms with Crippen LogP contribution in [0.4, 0.5) is 5.13 Å². The zero-order chi connectivity index (χ0) is 19.6. The summed E-state index contributed by atoms with van der Waals surface area (Å²) >= 11 is 13.7. The van der Waals surface area contributed by atoms with Crippen LogP contribution in [0.2, 0.25) is 10.0 Å². The van der Waals surface area contributed by atoms with Gasteiger partial charge in [0.05, 0.1) is 10.2 Å². The Hall–Kier alpha value is -1.37. The number of hydrogen-bond acceptors (Lipinski definition) is 4. The number of carbonyl (C=O) groups excluding carboxylic acids is 1. The molecule has 3 rings (SSSR count). The molecule has 1 aromatic heterocycles. The van der Waals surface area contributed by atoms with Crippen LogP contribution in [0.5, 0.6) is 0 Å². The molecule has 0 aliphatic carbocycles. The Labute approximate surface area is 185 Å². The largest absolute Gasteiger partial charge is 0.309 e. The minimum atomic E-state index is -0.144. The van der Waals surface area contributed by atoms with E-state index in [-0.39, 0.29) is 18.3 Å². The van der Waals surface area contributed by atoms with Gasteiger partial charge >= 0.3 is 0 Å². The highest BCUT2D eigenvalue weighted by molar-refractivity contribution is 7.22. The van der Waals surface area contributed by atoms with Crippen LogP contribution in [-0.4, -0.2) is 43.0 Å². The topological polar surface area (TPSA) is 36.4 Å². The van der Waals surface area contributed by atoms with Crippen LogP contribution in [0.3, 0.4) is 0 Å². The number of benzene rings is 2. The predicted molar refractivity (Wildman–Crippen MR) is 123 cm³/mol. The van der Waals surface area contributed by atoms with Crippen LogP contribution < -0.4 is 4.90 Å². The lowest BCUT2D eigenvalue weighted by Gasteiger charge is -2.21. The summed E-state index contributed by atoms with van der Waals surface area (Å²) < 4.78 is 1.07. The Bertz CT molecular complexity index is 954. The minimum absolute atomic E-state index is 0. The van der Waals surface area contributed by atoms with Crippen LogP contribution in [0, 0.1) is 6.92 Å². The smallest absolute Gasteiger partial charge is 0.260 e. The van der Waals surface area contributed by atoms with Crippen LogP contribution in [-0.2, 0) is 0 Å². The minimum Gasteiger partial charge on any atom is -0.309 e. The molecule has 1 amide bonds. The highest BCUT2D eigenvalue weighted by atomic mass is 35.5. The van der Waals surface area contributed by atoms with Gasteiger partial charge in [-0.05, 0) is 63.8 Å². The second-order valence-electron chi connectivity index (χ2n) is 6.69. The number of hydrogen-bond donors (Lipinski definition) is 0. The van der Waals surface area contributed by atoms with E-state index in [0.29, 0.717) is 27.3 Å². The number of thiazole rings is 1. The first-order valence-electron chi connectivity index (χ1n) is 8.64. The molecule has 0 saturated heterocycles. The SMILES string of the molecule is Cc1cccc2sc(N(CCCN(C)C)C(=O)c3cc(Cl)cc(Cl)c3)nc12.Cl. The fourth-order valence-corrected chi connectivity index (χ4v) is 4.45. The molecule has 0 aliphatic rings. The molecule has 0 aliphatic heterocycles. The molecule has 2 aromatic carbocycles. The third kappa shape index (κ3) is 5.37. The molecule has 28 heavy (non-hydrogen) atoms. The standard InChI is InChI=1S/C20H21Cl2N3OS.ClH/c1-13-6-4-7-17-18(13)23-20(27-17)25(9-5-8-24(2)3)19(26)14-10-15(21)12-16(22)11-14;/h4,6-7,10-12H,5,8-9H2,1-3H3;1H. The van der Waals surface area contributed by atoms with Crippen molar-refractivity contribution in [2.24, 2.45) is 0 Å². The summed E-state index contributed by atoms with van der Waals surface area (Å²) in [5.74, 6) is -0.144. The average molecular weight is 459 g/mol. The van der Waals surface area contributed by atoms with Crippen molar-refractivity contribution < 1.29 is 4.79 Å². The summed E-state index contributed by atoms with van der Waals surface area (Å²) in [7, 11) is 4.04. The summed E-state index contributed by atoms with van der Waals surface area (Å²) in [5.41, 5.74) is 2.50. The Morgan fingerprint density at radius 2 is 1.79 bits per heavy atom. The van der Waals surface area contributed by atoms with E-state index >= 15 is 0 Å². The van der Waals surface area contributed by atoms with E-state index in [1.165, 1.54) is 11.3 Å². The first-order chi connectivity index (χ1) is 12.8. The number of anilines is 1. The summed E-state index contributed by atoms with van der Waals surface area (Å²) in [5, 5.41) is 1.58. The fourth-order valence-electron chi connectivity index (χ4n) is 2.85. The number of rotatable bonds is 6. The Kier molecular flexibility index (Phi) is 8.10. The number of amides is 1. The number of fused-ring (bicyclic) bond motifs is 1. The maximum atomic E-state index is 13.2. The molecule has 1 heterocycles. The van der Waals surface area contributed by atoms with Gasteiger partial charge in [-0.15, -0.1) is 12.4 Å². The second kappa shape index (κ2) is 9.90. The second-order valence-corrected chi connectivity index (χ2v) is 8.57. The van der Waals surface area contributed by atoms with Gasteiger partial charge in [-0.25, -0.2) is 4.98 Å². The van der Waals surface area contributed by atoms with Crippen molar-refractivity contribution in [2.45, 2.75) is 13.3 Å². The van der Waals surface area contributed by atoms with E-state index in [9.17, 15) is 4.79 Å². The first kappa shape index (κ1) is 22.9. The fraction of sp³-hybridized carbons (Fsp3) is 0.300. The quantitative estimate of drug-likeness (QED) is 0.459. The molecule has 0 bridgehead atoms. The van der Waals surface area contributed by atoms with Gasteiger partial charge in [-0.2, -0.15) is 0 Å². The van der Waals surface area contributed by atoms with Crippen LogP contribution in [0.25, 0.3) is 10.2 Å². The lowest BCUT2D eigenvalue weighted by atomic mass is 10.2. The molecule has 0 N–H and O–H groups in total. The number of nitrogens with zero attached hydrogens (tertiary/aromatic N) is 3. The summed E-state index contributed by atoms with van der Waals surface area (Å²) in [6.07, 6.45) is 0.835. The summed E-state index contributed by atoms with van der Waals surface area (Å²) in [4.78, 5) is 21.8. The maximum absolute atomic E-state index is 13.2. The molecular weight excluding hydrogens is 437 g/mol. The van der Waals surface area contributed by atoms with Crippen molar-refractivity contribution in [1.29, 1.82) is 0 Å². The molecule has 0 unspecified atom stereocenters. The number of carbonyl (C=O) groups is 1. The van der Waals surface area contributed by atoms with E-state index in [0.717, 1.165) is 28.7 Å². The number of aryl methyl sites for hydroxylation is 1. The molecule has 8 heteroatoms. The number of aromatic nitrogens is 1. The molecule has 4 nitrogen and oxygen atoms in total. The number of halogens is 3. The molecule has 0 radical (unpaired) electrons. The molecule has 0 saturated carbocycles. The first-order valence-corrected chi connectivity index (χ1v) is 10.2. The highest BCUT2D eigenvalue weighted by Crippen LogP contribution is 2.32. The van der Waals surface area contributed by atoms with Crippen molar-refractivity contribution in [3.8, 4) is 0 Å². The van der Waals surface area contributed by atoms with Gasteiger partial charge in [0, 0.05) is 22.2 Å². The summed E-state index contributed by atoms with van der Waals surface area (Å²) in [6.45, 7) is 3.48. The monoisotopic (exact) mass is 457 g/mol. The van der Waals surface area contributed by atoms with Gasteiger partial charge in [0.1, 0.15) is 0 Å². The van der Waals surface area contributed by atoms with Gasteiger partial charge in [0.15, 0.2) is 5.13 Å². The van der Waals surface area contributed by atoms with E-state index < -0.39 is 0 Å². The Balaban J connectivity index is 0.00000280. The molecular formula is C20H22Cl3N3OS.